The Morgan fingerprint density at radius 2 is 1.80 bits per heavy atom. The van der Waals surface area contributed by atoms with E-state index < -0.39 is 11.8 Å². The Kier molecular flexibility index (Phi) is 4.13. The molecule has 1 atom stereocenters. The number of rotatable bonds is 4. The average Bonchev–Trinajstić information content (AvgIpc) is 3.17. The number of aromatic nitrogens is 1. The lowest BCUT2D eigenvalue weighted by Crippen LogP contribution is -1.92. The van der Waals surface area contributed by atoms with Crippen LogP contribution in [0.5, 0.6) is 0 Å². The molecule has 5 rings (SSSR count). The minimum atomic E-state index is -0.873. The van der Waals surface area contributed by atoms with Gasteiger partial charge in [0.15, 0.2) is 0 Å². The summed E-state index contributed by atoms with van der Waals surface area (Å²) in [4.78, 5) is 4.70. The molecule has 0 saturated heterocycles. The zero-order chi connectivity index (χ0) is 22.7. The first-order valence-electron chi connectivity index (χ1n) is 11.2. The van der Waals surface area contributed by atoms with Crippen LogP contribution in [-0.2, 0) is 0 Å². The molecular weight excluding hydrogens is 382 g/mol. The second kappa shape index (κ2) is 7.37. The molecule has 5 aromatic rings. The molecule has 148 valence electrons. The fourth-order valence-corrected chi connectivity index (χ4v) is 5.35. The number of fused-ring (bicyclic) bond motifs is 5. The van der Waals surface area contributed by atoms with E-state index in [0.29, 0.717) is 0 Å². The van der Waals surface area contributed by atoms with Crippen molar-refractivity contribution in [2.24, 2.45) is 0 Å². The van der Waals surface area contributed by atoms with Gasteiger partial charge in [-0.3, -0.25) is 4.98 Å². The Labute approximate surface area is 184 Å². The first-order chi connectivity index (χ1) is 15.2. The quantitative estimate of drug-likeness (QED) is 0.271. The molecule has 0 spiro atoms. The van der Waals surface area contributed by atoms with Crippen LogP contribution in [0.3, 0.4) is 0 Å². The molecule has 3 aromatic carbocycles. The van der Waals surface area contributed by atoms with Gasteiger partial charge in [0.2, 0.25) is 0 Å². The van der Waals surface area contributed by atoms with E-state index in [9.17, 15) is 0 Å². The molecule has 0 radical (unpaired) electrons. The third kappa shape index (κ3) is 3.03. The first kappa shape index (κ1) is 16.8. The summed E-state index contributed by atoms with van der Waals surface area (Å²) < 4.78 is 19.4. The van der Waals surface area contributed by atoms with E-state index in [1.54, 1.807) is 23.6 Å². The van der Waals surface area contributed by atoms with Gasteiger partial charge in [-0.25, -0.2) is 0 Å². The lowest BCUT2D eigenvalue weighted by molar-refractivity contribution is 0.869. The van der Waals surface area contributed by atoms with E-state index in [0.717, 1.165) is 22.4 Å². The zero-order valence-electron chi connectivity index (χ0n) is 19.5. The third-order valence-electron chi connectivity index (χ3n) is 5.84. The third-order valence-corrected chi connectivity index (χ3v) is 7.03. The molecule has 0 N–H and O–H groups in total. The summed E-state index contributed by atoms with van der Waals surface area (Å²) in [5.41, 5.74) is 3.83. The molecule has 2 aromatic heterocycles. The van der Waals surface area contributed by atoms with Gasteiger partial charge in [-0.2, -0.15) is 0 Å². The largest absolute Gasteiger partial charge is 0.256 e. The topological polar surface area (TPSA) is 12.9 Å². The monoisotopic (exact) mass is 409 g/mol. The summed E-state index contributed by atoms with van der Waals surface area (Å²) >= 11 is 1.76. The number of hydrogen-bond acceptors (Lipinski definition) is 2. The van der Waals surface area contributed by atoms with Crippen molar-refractivity contribution < 1.29 is 2.74 Å². The van der Waals surface area contributed by atoms with Crippen molar-refractivity contribution in [1.82, 2.24) is 4.98 Å². The highest BCUT2D eigenvalue weighted by molar-refractivity contribution is 7.26. The maximum atomic E-state index is 8.58. The SMILES string of the molecule is [2H]C(C)(C)c1ccc2c(c1)sc1c(-c3cc(C([2H])(C)C=C)ccn3)cc3ccccc3c12. The molecule has 0 aliphatic carbocycles. The Bertz CT molecular complexity index is 1510. The number of pyridine rings is 1. The van der Waals surface area contributed by atoms with Crippen molar-refractivity contribution in [3.8, 4) is 11.3 Å². The Hall–Kier alpha value is -2.97. The van der Waals surface area contributed by atoms with Crippen LogP contribution in [0, 0.1) is 0 Å². The van der Waals surface area contributed by atoms with E-state index in [2.05, 4.69) is 55.1 Å². The van der Waals surface area contributed by atoms with E-state index in [4.69, 9.17) is 7.73 Å². The smallest absolute Gasteiger partial charge is 0.0719 e. The number of nitrogens with zero attached hydrogens (tertiary/aromatic N) is 1. The number of allylic oxidation sites excluding steroid dienone is 1. The summed E-state index contributed by atoms with van der Waals surface area (Å²) in [6.45, 7) is 9.54. The lowest BCUT2D eigenvalue weighted by atomic mass is 9.95. The van der Waals surface area contributed by atoms with Crippen LogP contribution in [0.25, 0.3) is 42.2 Å². The van der Waals surface area contributed by atoms with Crippen LogP contribution in [0.4, 0.5) is 0 Å². The maximum absolute atomic E-state index is 8.58. The predicted octanol–water partition coefficient (Wildman–Crippen LogP) is 8.68. The maximum Gasteiger partial charge on any atom is 0.0719 e. The van der Waals surface area contributed by atoms with Crippen LogP contribution in [0.15, 0.2) is 79.5 Å². The van der Waals surface area contributed by atoms with Gasteiger partial charge in [0.1, 0.15) is 0 Å². The molecule has 0 bridgehead atoms. The Morgan fingerprint density at radius 1 is 0.967 bits per heavy atom. The molecule has 30 heavy (non-hydrogen) atoms. The van der Waals surface area contributed by atoms with E-state index >= 15 is 0 Å². The molecule has 0 fully saturated rings. The molecule has 1 nitrogen and oxygen atoms in total. The van der Waals surface area contributed by atoms with Gasteiger partial charge in [0, 0.05) is 34.7 Å². The van der Waals surface area contributed by atoms with Gasteiger partial charge in [0.05, 0.1) is 5.69 Å². The number of thiophene rings is 1. The van der Waals surface area contributed by atoms with E-state index in [1.165, 1.54) is 30.9 Å². The van der Waals surface area contributed by atoms with E-state index in [1.807, 2.05) is 32.9 Å². The summed E-state index contributed by atoms with van der Waals surface area (Å²) in [5, 5.41) is 4.84. The van der Waals surface area contributed by atoms with Gasteiger partial charge in [-0.05, 0) is 58.0 Å². The van der Waals surface area contributed by atoms with Gasteiger partial charge in [-0.15, -0.1) is 17.9 Å². The van der Waals surface area contributed by atoms with Crippen molar-refractivity contribution in [1.29, 1.82) is 0 Å². The summed E-state index contributed by atoms with van der Waals surface area (Å²) in [5.74, 6) is -1.52. The summed E-state index contributed by atoms with van der Waals surface area (Å²) in [6, 6.07) is 21.0. The van der Waals surface area contributed by atoms with Crippen LogP contribution >= 0.6 is 11.3 Å². The standard InChI is InChI=1S/C28H25NS/c1-5-18(4)20-12-13-29-25(15-20)24-14-21-8-6-7-9-22(21)27-23-11-10-19(17(2)3)16-26(23)30-28(24)27/h5-18H,1H2,2-4H3/i17D,18D. The van der Waals surface area contributed by atoms with Crippen LogP contribution in [0.2, 0.25) is 0 Å². The van der Waals surface area contributed by atoms with Crippen molar-refractivity contribution in [3.63, 3.8) is 0 Å². The second-order valence-electron chi connectivity index (χ2n) is 7.98. The number of benzene rings is 3. The molecule has 2 heteroatoms. The van der Waals surface area contributed by atoms with Crippen LogP contribution in [0.1, 0.15) is 46.4 Å². The Balaban J connectivity index is 1.87. The van der Waals surface area contributed by atoms with Crippen molar-refractivity contribution in [2.45, 2.75) is 32.6 Å². The van der Waals surface area contributed by atoms with Crippen molar-refractivity contribution in [3.05, 3.63) is 90.6 Å². The lowest BCUT2D eigenvalue weighted by Gasteiger charge is -2.11. The number of hydrogen-bond donors (Lipinski definition) is 0. The normalized spacial score (nSPS) is 15.2. The molecule has 2 heterocycles. The summed E-state index contributed by atoms with van der Waals surface area (Å²) in [6.07, 6.45) is 3.45. The molecule has 0 aliphatic rings. The molecule has 0 saturated carbocycles. The van der Waals surface area contributed by atoms with Crippen LogP contribution < -0.4 is 0 Å². The minimum absolute atomic E-state index is 0.644. The highest BCUT2D eigenvalue weighted by atomic mass is 32.1. The fourth-order valence-electron chi connectivity index (χ4n) is 4.07. The van der Waals surface area contributed by atoms with Gasteiger partial charge < -0.3 is 0 Å². The Morgan fingerprint density at radius 3 is 2.60 bits per heavy atom. The first-order valence-corrected chi connectivity index (χ1v) is 11.0. The van der Waals surface area contributed by atoms with E-state index in [-0.39, 0.29) is 0 Å². The predicted molar refractivity (Wildman–Crippen MR) is 133 cm³/mol. The van der Waals surface area contributed by atoms with Gasteiger partial charge in [0.25, 0.3) is 0 Å². The van der Waals surface area contributed by atoms with Gasteiger partial charge in [-0.1, -0.05) is 63.2 Å². The highest BCUT2D eigenvalue weighted by Gasteiger charge is 2.16. The molecule has 0 amide bonds. The van der Waals surface area contributed by atoms with Crippen molar-refractivity contribution >= 4 is 42.3 Å². The van der Waals surface area contributed by atoms with Crippen molar-refractivity contribution in [2.75, 3.05) is 0 Å². The zero-order valence-corrected chi connectivity index (χ0v) is 18.3. The summed E-state index contributed by atoms with van der Waals surface area (Å²) in [7, 11) is 0. The second-order valence-corrected chi connectivity index (χ2v) is 9.03. The molecular formula is C28H25NS. The fraction of sp³-hybridized carbons (Fsp3) is 0.179. The molecule has 0 aliphatic heterocycles. The van der Waals surface area contributed by atoms with Crippen LogP contribution in [-0.4, -0.2) is 4.98 Å². The minimum Gasteiger partial charge on any atom is -0.256 e. The highest BCUT2D eigenvalue weighted by Crippen LogP contribution is 2.44. The molecule has 1 unspecified atom stereocenters. The average molecular weight is 410 g/mol. The van der Waals surface area contributed by atoms with Gasteiger partial charge >= 0.3 is 0 Å².